The molecule has 0 unspecified atom stereocenters. The second kappa shape index (κ2) is 9.78. The maximum absolute atomic E-state index is 12.6. The predicted molar refractivity (Wildman–Crippen MR) is 120 cm³/mol. The van der Waals surface area contributed by atoms with E-state index in [9.17, 15) is 8.78 Å². The zero-order valence-electron chi connectivity index (χ0n) is 15.4. The van der Waals surface area contributed by atoms with Gasteiger partial charge in [-0.1, -0.05) is 46.9 Å². The number of thiocarbonyl (C=S) groups is 1. The van der Waals surface area contributed by atoms with Gasteiger partial charge >= 0.3 is 6.61 Å². The van der Waals surface area contributed by atoms with E-state index in [2.05, 4.69) is 20.5 Å². The van der Waals surface area contributed by atoms with Crippen molar-refractivity contribution in [1.29, 1.82) is 0 Å². The monoisotopic (exact) mass is 490 g/mol. The van der Waals surface area contributed by atoms with Crippen molar-refractivity contribution in [1.82, 2.24) is 9.78 Å². The van der Waals surface area contributed by atoms with Crippen LogP contribution in [0.3, 0.4) is 0 Å². The van der Waals surface area contributed by atoms with E-state index in [-0.39, 0.29) is 22.4 Å². The van der Waals surface area contributed by atoms with Crippen LogP contribution in [-0.4, -0.2) is 21.5 Å². The van der Waals surface area contributed by atoms with Crippen LogP contribution in [-0.2, 0) is 6.54 Å². The smallest absolute Gasteiger partial charge is 0.387 e. The van der Waals surface area contributed by atoms with E-state index in [0.717, 1.165) is 5.56 Å². The molecule has 158 valence electrons. The molecule has 5 nitrogen and oxygen atoms in total. The molecule has 0 saturated heterocycles. The Morgan fingerprint density at radius 2 is 1.83 bits per heavy atom. The molecule has 0 amide bonds. The molecule has 0 aliphatic carbocycles. The molecule has 0 aliphatic rings. The van der Waals surface area contributed by atoms with Gasteiger partial charge < -0.3 is 15.4 Å². The number of hydrogen-bond donors (Lipinski definition) is 2. The molecule has 0 aliphatic heterocycles. The molecule has 1 heterocycles. The zero-order chi connectivity index (χ0) is 21.8. The molecule has 1 aromatic heterocycles. The van der Waals surface area contributed by atoms with E-state index in [1.54, 1.807) is 41.2 Å². The summed E-state index contributed by atoms with van der Waals surface area (Å²) < 4.78 is 31.3. The third-order valence-electron chi connectivity index (χ3n) is 3.93. The van der Waals surface area contributed by atoms with Gasteiger partial charge in [-0.3, -0.25) is 4.68 Å². The molecule has 0 bridgehead atoms. The third kappa shape index (κ3) is 5.72. The molecule has 0 atom stereocenters. The maximum atomic E-state index is 12.6. The molecular weight excluding hydrogens is 477 g/mol. The summed E-state index contributed by atoms with van der Waals surface area (Å²) in [6, 6.07) is 9.92. The van der Waals surface area contributed by atoms with E-state index in [1.807, 2.05) is 6.92 Å². The average molecular weight is 492 g/mol. The van der Waals surface area contributed by atoms with E-state index in [4.69, 9.17) is 47.0 Å². The summed E-state index contributed by atoms with van der Waals surface area (Å²) in [7, 11) is 0. The number of aromatic nitrogens is 2. The summed E-state index contributed by atoms with van der Waals surface area (Å²) in [5.74, 6) is 0.242. The molecular formula is C19H15Cl3F2N4OS. The van der Waals surface area contributed by atoms with Crippen LogP contribution in [0.1, 0.15) is 11.1 Å². The lowest BCUT2D eigenvalue weighted by atomic mass is 10.2. The summed E-state index contributed by atoms with van der Waals surface area (Å²) >= 11 is 23.9. The van der Waals surface area contributed by atoms with Crippen molar-refractivity contribution in [2.24, 2.45) is 0 Å². The van der Waals surface area contributed by atoms with Gasteiger partial charge in [-0.25, -0.2) is 0 Å². The lowest BCUT2D eigenvalue weighted by Crippen LogP contribution is -2.20. The number of halogens is 5. The number of hydrogen-bond acceptors (Lipinski definition) is 3. The molecule has 3 rings (SSSR count). The number of nitrogens with zero attached hydrogens (tertiary/aromatic N) is 2. The number of alkyl halides is 2. The number of ether oxygens (including phenoxy) is 1. The molecule has 3 aromatic rings. The molecule has 0 spiro atoms. The molecule has 11 heteroatoms. The third-order valence-corrected chi connectivity index (χ3v) is 5.12. The molecule has 0 fully saturated rings. The molecule has 2 N–H and O–H groups in total. The maximum Gasteiger partial charge on any atom is 0.387 e. The minimum atomic E-state index is -2.96. The summed E-state index contributed by atoms with van der Waals surface area (Å²) in [5, 5.41) is 11.4. The van der Waals surface area contributed by atoms with Gasteiger partial charge in [0.1, 0.15) is 10.8 Å². The quantitative estimate of drug-likeness (QED) is 0.380. The van der Waals surface area contributed by atoms with Crippen LogP contribution in [0.15, 0.2) is 42.6 Å². The predicted octanol–water partition coefficient (Wildman–Crippen LogP) is 6.61. The Morgan fingerprint density at radius 3 is 2.50 bits per heavy atom. The summed E-state index contributed by atoms with van der Waals surface area (Å²) in [4.78, 5) is 0. The Labute approximate surface area is 191 Å². The number of rotatable bonds is 6. The largest absolute Gasteiger partial charge is 0.433 e. The van der Waals surface area contributed by atoms with Crippen molar-refractivity contribution in [2.45, 2.75) is 20.1 Å². The zero-order valence-corrected chi connectivity index (χ0v) is 18.5. The van der Waals surface area contributed by atoms with Gasteiger partial charge in [-0.2, -0.15) is 13.9 Å². The first kappa shape index (κ1) is 22.6. The Kier molecular flexibility index (Phi) is 7.36. The topological polar surface area (TPSA) is 51.1 Å². The minimum Gasteiger partial charge on any atom is -0.433 e. The fraction of sp³-hybridized carbons (Fsp3) is 0.158. The summed E-state index contributed by atoms with van der Waals surface area (Å²) in [6.45, 7) is -0.854. The number of nitrogens with one attached hydrogen (secondary N) is 2. The van der Waals surface area contributed by atoms with E-state index in [0.29, 0.717) is 27.2 Å². The lowest BCUT2D eigenvalue weighted by Gasteiger charge is -2.14. The average Bonchev–Trinajstić information content (AvgIpc) is 2.99. The minimum absolute atomic E-state index is 0.0373. The SMILES string of the molecule is Cc1ccc(OC(F)F)c(NC(=S)Nc2nn(Cc3c(Cl)cccc3Cl)cc2Cl)c1. The fourth-order valence-corrected chi connectivity index (χ4v) is 3.53. The van der Waals surface area contributed by atoms with E-state index in [1.165, 1.54) is 6.07 Å². The Morgan fingerprint density at radius 1 is 1.13 bits per heavy atom. The first-order valence-corrected chi connectivity index (χ1v) is 10.1. The highest BCUT2D eigenvalue weighted by Gasteiger charge is 2.14. The molecule has 30 heavy (non-hydrogen) atoms. The van der Waals surface area contributed by atoms with Gasteiger partial charge in [0, 0.05) is 21.8 Å². The van der Waals surface area contributed by atoms with Crippen molar-refractivity contribution >= 4 is 63.6 Å². The first-order chi connectivity index (χ1) is 14.2. The Bertz CT molecular complexity index is 1060. The van der Waals surface area contributed by atoms with Crippen molar-refractivity contribution in [2.75, 3.05) is 10.6 Å². The molecule has 0 radical (unpaired) electrons. The van der Waals surface area contributed by atoms with Gasteiger partial charge in [0.05, 0.1) is 12.2 Å². The Balaban J connectivity index is 1.73. The molecule has 2 aromatic carbocycles. The standard InChI is InChI=1S/C19H15Cl3F2N4OS/c1-10-5-6-16(29-18(23)24)15(7-10)25-19(30)26-17-14(22)9-28(27-17)8-11-12(20)3-2-4-13(11)21/h2-7,9,18H,8H2,1H3,(H2,25,26,27,30). The highest BCUT2D eigenvalue weighted by atomic mass is 35.5. The van der Waals surface area contributed by atoms with E-state index < -0.39 is 6.61 Å². The molecule has 0 saturated carbocycles. The van der Waals surface area contributed by atoms with Crippen molar-refractivity contribution in [3.05, 3.63) is 68.8 Å². The van der Waals surface area contributed by atoms with E-state index >= 15 is 0 Å². The van der Waals surface area contributed by atoms with Crippen LogP contribution in [0.2, 0.25) is 15.1 Å². The second-order valence-electron chi connectivity index (χ2n) is 6.18. The van der Waals surface area contributed by atoms with Gasteiger partial charge in [0.2, 0.25) is 0 Å². The number of aryl methyl sites for hydroxylation is 1. The van der Waals surface area contributed by atoms with Gasteiger partial charge in [-0.15, -0.1) is 0 Å². The van der Waals surface area contributed by atoms with Crippen LogP contribution in [0.5, 0.6) is 5.75 Å². The first-order valence-electron chi connectivity index (χ1n) is 8.52. The number of anilines is 2. The lowest BCUT2D eigenvalue weighted by molar-refractivity contribution is -0.0493. The highest BCUT2D eigenvalue weighted by Crippen LogP contribution is 2.29. The van der Waals surface area contributed by atoms with Crippen LogP contribution in [0.25, 0.3) is 0 Å². The normalized spacial score (nSPS) is 10.9. The second-order valence-corrected chi connectivity index (χ2v) is 7.81. The highest BCUT2D eigenvalue weighted by molar-refractivity contribution is 7.80. The summed E-state index contributed by atoms with van der Waals surface area (Å²) in [6.07, 6.45) is 1.59. The van der Waals surface area contributed by atoms with Crippen molar-refractivity contribution < 1.29 is 13.5 Å². The van der Waals surface area contributed by atoms with Crippen molar-refractivity contribution in [3.8, 4) is 5.75 Å². The fourth-order valence-electron chi connectivity index (χ4n) is 2.61. The Hall–Kier alpha value is -2.13. The van der Waals surface area contributed by atoms with Gasteiger partial charge in [-0.05, 0) is 49.0 Å². The van der Waals surface area contributed by atoms with Crippen LogP contribution < -0.4 is 15.4 Å². The van der Waals surface area contributed by atoms with Gasteiger partial charge in [0.25, 0.3) is 0 Å². The van der Waals surface area contributed by atoms with Crippen LogP contribution in [0, 0.1) is 6.92 Å². The van der Waals surface area contributed by atoms with Crippen molar-refractivity contribution in [3.63, 3.8) is 0 Å². The van der Waals surface area contributed by atoms with Crippen LogP contribution >= 0.6 is 47.0 Å². The number of benzene rings is 2. The van der Waals surface area contributed by atoms with Crippen LogP contribution in [0.4, 0.5) is 20.3 Å². The summed E-state index contributed by atoms with van der Waals surface area (Å²) in [5.41, 5.74) is 1.81. The van der Waals surface area contributed by atoms with Gasteiger partial charge in [0.15, 0.2) is 10.9 Å².